The lowest BCUT2D eigenvalue weighted by molar-refractivity contribution is -0.113. The Morgan fingerprint density at radius 2 is 2.08 bits per heavy atom. The minimum absolute atomic E-state index is 0.0291. The van der Waals surface area contributed by atoms with Crippen molar-refractivity contribution in [1.29, 1.82) is 0 Å². The number of thiocarbonyl (C=S) groups is 1. The van der Waals surface area contributed by atoms with Crippen LogP contribution >= 0.6 is 23.8 Å². The van der Waals surface area contributed by atoms with Crippen molar-refractivity contribution in [3.05, 3.63) is 58.7 Å². The van der Waals surface area contributed by atoms with Gasteiger partial charge in [-0.1, -0.05) is 29.8 Å². The zero-order valence-electron chi connectivity index (χ0n) is 13.3. The number of amides is 1. The molecule has 7 heteroatoms. The number of nitrogens with one attached hydrogen (secondary N) is 1. The number of hydrogen-bond donors (Lipinski definition) is 2. The fraction of sp³-hybridized carbons (Fsp3) is 0.111. The third-order valence-electron chi connectivity index (χ3n) is 3.57. The number of anilines is 1. The molecule has 128 valence electrons. The van der Waals surface area contributed by atoms with Gasteiger partial charge in [-0.15, -0.1) is 0 Å². The summed E-state index contributed by atoms with van der Waals surface area (Å²) in [7, 11) is 0. The van der Waals surface area contributed by atoms with Gasteiger partial charge in [0.25, 0.3) is 5.91 Å². The molecule has 0 radical (unpaired) electrons. The van der Waals surface area contributed by atoms with Gasteiger partial charge in [0.05, 0.1) is 12.3 Å². The van der Waals surface area contributed by atoms with Crippen molar-refractivity contribution in [2.45, 2.75) is 6.92 Å². The van der Waals surface area contributed by atoms with Gasteiger partial charge in [0.1, 0.15) is 5.70 Å². The van der Waals surface area contributed by atoms with E-state index in [9.17, 15) is 9.90 Å². The maximum Gasteiger partial charge on any atom is 0.281 e. The summed E-state index contributed by atoms with van der Waals surface area (Å²) in [4.78, 5) is 14.1. The highest BCUT2D eigenvalue weighted by atomic mass is 35.5. The van der Waals surface area contributed by atoms with Crippen LogP contribution in [0.2, 0.25) is 5.02 Å². The number of halogens is 1. The second-order valence-corrected chi connectivity index (χ2v) is 6.06. The predicted octanol–water partition coefficient (Wildman–Crippen LogP) is 3.71. The van der Waals surface area contributed by atoms with E-state index in [-0.39, 0.29) is 22.5 Å². The van der Waals surface area contributed by atoms with E-state index in [0.29, 0.717) is 28.6 Å². The van der Waals surface area contributed by atoms with Gasteiger partial charge in [0.2, 0.25) is 0 Å². The first-order valence-corrected chi connectivity index (χ1v) is 8.37. The van der Waals surface area contributed by atoms with Crippen molar-refractivity contribution in [3.63, 3.8) is 0 Å². The third-order valence-corrected chi connectivity index (χ3v) is 4.09. The molecule has 0 atom stereocenters. The van der Waals surface area contributed by atoms with Crippen LogP contribution < -0.4 is 15.0 Å². The largest absolute Gasteiger partial charge is 0.504 e. The molecule has 1 saturated heterocycles. The monoisotopic (exact) mass is 374 g/mol. The molecule has 0 aromatic heterocycles. The number of benzene rings is 2. The summed E-state index contributed by atoms with van der Waals surface area (Å²) in [6.45, 7) is 2.26. The molecule has 2 aromatic rings. The standard InChI is InChI=1S/C18H15ClN2O3S/c1-2-24-15-8-3-5-11(16(15)22)9-14-17(23)21(18(25)20-14)13-7-4-6-12(19)10-13/h3-10,22H,2H2,1H3,(H,20,25)/b14-9-. The van der Waals surface area contributed by atoms with E-state index < -0.39 is 0 Å². The van der Waals surface area contributed by atoms with Crippen LogP contribution in [0, 0.1) is 0 Å². The number of carbonyl (C=O) groups is 1. The van der Waals surface area contributed by atoms with E-state index in [2.05, 4.69) is 5.32 Å². The molecule has 2 aromatic carbocycles. The van der Waals surface area contributed by atoms with Crippen molar-refractivity contribution in [2.75, 3.05) is 11.5 Å². The van der Waals surface area contributed by atoms with E-state index >= 15 is 0 Å². The van der Waals surface area contributed by atoms with E-state index in [1.807, 2.05) is 6.92 Å². The average molecular weight is 375 g/mol. The maximum absolute atomic E-state index is 12.7. The van der Waals surface area contributed by atoms with Crippen LogP contribution in [0.25, 0.3) is 6.08 Å². The minimum Gasteiger partial charge on any atom is -0.504 e. The smallest absolute Gasteiger partial charge is 0.281 e. The van der Waals surface area contributed by atoms with Crippen molar-refractivity contribution >= 4 is 46.6 Å². The van der Waals surface area contributed by atoms with Gasteiger partial charge in [-0.25, -0.2) is 0 Å². The van der Waals surface area contributed by atoms with Gasteiger partial charge in [-0.3, -0.25) is 9.69 Å². The van der Waals surface area contributed by atoms with E-state index in [0.717, 1.165) is 0 Å². The minimum atomic E-state index is -0.325. The van der Waals surface area contributed by atoms with Crippen LogP contribution in [0.4, 0.5) is 5.69 Å². The van der Waals surface area contributed by atoms with Crippen LogP contribution in [0.3, 0.4) is 0 Å². The van der Waals surface area contributed by atoms with Gasteiger partial charge in [0.15, 0.2) is 16.6 Å². The molecule has 0 aliphatic carbocycles. The molecule has 1 fully saturated rings. The lowest BCUT2D eigenvalue weighted by atomic mass is 10.1. The maximum atomic E-state index is 12.7. The second kappa shape index (κ2) is 7.13. The summed E-state index contributed by atoms with van der Waals surface area (Å²) in [5.41, 5.74) is 1.29. The molecule has 3 rings (SSSR count). The van der Waals surface area contributed by atoms with Crippen molar-refractivity contribution in [1.82, 2.24) is 5.32 Å². The van der Waals surface area contributed by atoms with Crippen LogP contribution in [-0.4, -0.2) is 22.7 Å². The van der Waals surface area contributed by atoms with E-state index in [1.54, 1.807) is 42.5 Å². The molecule has 1 aliphatic heterocycles. The fourth-order valence-corrected chi connectivity index (χ4v) is 2.95. The molecule has 0 saturated carbocycles. The number of para-hydroxylation sites is 1. The zero-order valence-corrected chi connectivity index (χ0v) is 14.9. The quantitative estimate of drug-likeness (QED) is 0.631. The van der Waals surface area contributed by atoms with Crippen molar-refractivity contribution in [2.24, 2.45) is 0 Å². The molecule has 1 aliphatic rings. The lowest BCUT2D eigenvalue weighted by Crippen LogP contribution is -2.30. The third kappa shape index (κ3) is 3.45. The van der Waals surface area contributed by atoms with Crippen LogP contribution in [0.1, 0.15) is 12.5 Å². The SMILES string of the molecule is CCOc1cccc(/C=C2\NC(=S)N(c3cccc(Cl)c3)C2=O)c1O. The van der Waals surface area contributed by atoms with Gasteiger partial charge >= 0.3 is 0 Å². The lowest BCUT2D eigenvalue weighted by Gasteiger charge is -2.14. The van der Waals surface area contributed by atoms with Gasteiger partial charge in [-0.2, -0.15) is 0 Å². The van der Waals surface area contributed by atoms with Crippen molar-refractivity contribution in [3.8, 4) is 11.5 Å². The molecule has 2 N–H and O–H groups in total. The molecule has 1 amide bonds. The van der Waals surface area contributed by atoms with Crippen molar-refractivity contribution < 1.29 is 14.6 Å². The summed E-state index contributed by atoms with van der Waals surface area (Å²) in [5.74, 6) is 0.00335. The van der Waals surface area contributed by atoms with E-state index in [4.69, 9.17) is 28.6 Å². The molecular formula is C18H15ClN2O3S. The normalized spacial score (nSPS) is 15.6. The number of carbonyl (C=O) groups excluding carboxylic acids is 1. The van der Waals surface area contributed by atoms with Gasteiger partial charge < -0.3 is 15.2 Å². The first kappa shape index (κ1) is 17.3. The Labute approximate surface area is 155 Å². The zero-order chi connectivity index (χ0) is 18.0. The highest BCUT2D eigenvalue weighted by molar-refractivity contribution is 7.80. The number of rotatable bonds is 4. The summed E-state index contributed by atoms with van der Waals surface area (Å²) < 4.78 is 5.36. The molecule has 5 nitrogen and oxygen atoms in total. The van der Waals surface area contributed by atoms with Crippen LogP contribution in [-0.2, 0) is 4.79 Å². The molecule has 0 bridgehead atoms. The number of phenols is 1. The highest BCUT2D eigenvalue weighted by Crippen LogP contribution is 2.32. The number of phenolic OH excluding ortho intramolecular Hbond substituents is 1. The fourth-order valence-electron chi connectivity index (χ4n) is 2.47. The number of nitrogens with zero attached hydrogens (tertiary/aromatic N) is 1. The first-order chi connectivity index (χ1) is 12.0. The molecular weight excluding hydrogens is 360 g/mol. The second-order valence-electron chi connectivity index (χ2n) is 5.24. The van der Waals surface area contributed by atoms with Crippen LogP contribution in [0.15, 0.2) is 48.2 Å². The number of hydrogen-bond acceptors (Lipinski definition) is 4. The molecule has 25 heavy (non-hydrogen) atoms. The van der Waals surface area contributed by atoms with Gasteiger partial charge in [0, 0.05) is 10.6 Å². The topological polar surface area (TPSA) is 61.8 Å². The molecule has 0 unspecified atom stereocenters. The predicted molar refractivity (Wildman–Crippen MR) is 102 cm³/mol. The Morgan fingerprint density at radius 1 is 1.32 bits per heavy atom. The Hall–Kier alpha value is -2.57. The Morgan fingerprint density at radius 3 is 2.80 bits per heavy atom. The summed E-state index contributed by atoms with van der Waals surface area (Å²) >= 11 is 11.2. The first-order valence-electron chi connectivity index (χ1n) is 7.58. The van der Waals surface area contributed by atoms with Crippen LogP contribution in [0.5, 0.6) is 11.5 Å². The highest BCUT2D eigenvalue weighted by Gasteiger charge is 2.32. The molecule has 0 spiro atoms. The Balaban J connectivity index is 1.95. The Kier molecular flexibility index (Phi) is 4.92. The summed E-state index contributed by atoms with van der Waals surface area (Å²) in [5, 5.41) is 13.9. The summed E-state index contributed by atoms with van der Waals surface area (Å²) in [6.07, 6.45) is 1.54. The average Bonchev–Trinajstić information content (AvgIpc) is 2.85. The molecule has 1 heterocycles. The van der Waals surface area contributed by atoms with E-state index in [1.165, 1.54) is 11.0 Å². The number of aromatic hydroxyl groups is 1. The Bertz CT molecular complexity index is 882. The number of ether oxygens (including phenoxy) is 1. The summed E-state index contributed by atoms with van der Waals surface area (Å²) in [6, 6.07) is 11.9. The van der Waals surface area contributed by atoms with Gasteiger partial charge in [-0.05, 0) is 49.5 Å².